The Labute approximate surface area is 78.6 Å². The van der Waals surface area contributed by atoms with Crippen molar-refractivity contribution in [1.29, 1.82) is 0 Å². The number of anilines is 1. The van der Waals surface area contributed by atoms with Gasteiger partial charge in [0.2, 0.25) is 0 Å². The minimum absolute atomic E-state index is 0.0362. The second-order valence-electron chi connectivity index (χ2n) is 2.82. The third-order valence-electron chi connectivity index (χ3n) is 1.92. The lowest BCUT2D eigenvalue weighted by Gasteiger charge is -2.08. The van der Waals surface area contributed by atoms with Crippen LogP contribution in [-0.4, -0.2) is 27.0 Å². The summed E-state index contributed by atoms with van der Waals surface area (Å²) in [6.45, 7) is -0.0362. The summed E-state index contributed by atoms with van der Waals surface area (Å²) in [5, 5.41) is 9.58. The second kappa shape index (κ2) is 3.04. The first-order chi connectivity index (χ1) is 6.22. The van der Waals surface area contributed by atoms with E-state index in [1.54, 1.807) is 0 Å². The molecule has 0 aromatic carbocycles. The molecule has 13 heavy (non-hydrogen) atoms. The van der Waals surface area contributed by atoms with Crippen molar-refractivity contribution in [2.75, 3.05) is 18.1 Å². The van der Waals surface area contributed by atoms with Gasteiger partial charge in [0.25, 0.3) is 5.56 Å². The van der Waals surface area contributed by atoms with Crippen LogP contribution in [0.25, 0.3) is 0 Å². The quantitative estimate of drug-likeness (QED) is 0.594. The monoisotopic (exact) mass is 199 g/mol. The number of nitrogens with two attached hydrogens (primary N) is 1. The van der Waals surface area contributed by atoms with Crippen LogP contribution in [0.5, 0.6) is 0 Å². The highest BCUT2D eigenvalue weighted by atomic mass is 32.2. The molecule has 0 saturated heterocycles. The highest BCUT2D eigenvalue weighted by Gasteiger charge is 2.24. The van der Waals surface area contributed by atoms with E-state index >= 15 is 0 Å². The van der Waals surface area contributed by atoms with Gasteiger partial charge < -0.3 is 10.8 Å². The lowest BCUT2D eigenvalue weighted by Crippen LogP contribution is -2.26. The van der Waals surface area contributed by atoms with Crippen LogP contribution < -0.4 is 11.3 Å². The van der Waals surface area contributed by atoms with Gasteiger partial charge in [-0.3, -0.25) is 9.36 Å². The summed E-state index contributed by atoms with van der Waals surface area (Å²) in [4.78, 5) is 15.4. The van der Waals surface area contributed by atoms with Crippen molar-refractivity contribution in [3.63, 3.8) is 0 Å². The molecule has 70 valence electrons. The van der Waals surface area contributed by atoms with Crippen LogP contribution in [0.1, 0.15) is 6.04 Å². The Morgan fingerprint density at radius 3 is 3.31 bits per heavy atom. The number of rotatable bonds is 1. The molecule has 0 bridgehead atoms. The molecule has 0 spiro atoms. The van der Waals surface area contributed by atoms with Gasteiger partial charge in [0.05, 0.1) is 12.6 Å². The van der Waals surface area contributed by atoms with Crippen LogP contribution in [0.4, 0.5) is 5.82 Å². The minimum Gasteiger partial charge on any atom is -0.394 e. The van der Waals surface area contributed by atoms with E-state index in [0.29, 0.717) is 10.9 Å². The fraction of sp³-hybridized carbons (Fsp3) is 0.429. The van der Waals surface area contributed by atoms with E-state index < -0.39 is 0 Å². The van der Waals surface area contributed by atoms with E-state index in [4.69, 9.17) is 10.8 Å². The highest BCUT2D eigenvalue weighted by Crippen LogP contribution is 2.29. The molecule has 1 aliphatic rings. The van der Waals surface area contributed by atoms with Crippen LogP contribution in [0.2, 0.25) is 0 Å². The van der Waals surface area contributed by atoms with Gasteiger partial charge in [-0.2, -0.15) is 0 Å². The van der Waals surface area contributed by atoms with Crippen LogP contribution >= 0.6 is 11.8 Å². The molecule has 5 nitrogen and oxygen atoms in total. The summed E-state index contributed by atoms with van der Waals surface area (Å²) in [5.41, 5.74) is 5.23. The molecule has 1 aromatic heterocycles. The molecule has 1 aliphatic heterocycles. The Bertz CT molecular complexity index is 390. The predicted molar refractivity (Wildman–Crippen MR) is 49.8 cm³/mol. The largest absolute Gasteiger partial charge is 0.394 e. The zero-order valence-corrected chi connectivity index (χ0v) is 7.62. The first-order valence-electron chi connectivity index (χ1n) is 3.85. The van der Waals surface area contributed by atoms with Gasteiger partial charge in [0.1, 0.15) is 5.82 Å². The summed E-state index contributed by atoms with van der Waals surface area (Å²) < 4.78 is 1.49. The minimum atomic E-state index is -0.188. The maximum absolute atomic E-state index is 11.4. The van der Waals surface area contributed by atoms with Crippen molar-refractivity contribution < 1.29 is 5.11 Å². The fourth-order valence-corrected chi connectivity index (χ4v) is 2.45. The first kappa shape index (κ1) is 8.58. The van der Waals surface area contributed by atoms with Gasteiger partial charge in [-0.15, -0.1) is 0 Å². The molecule has 1 aromatic rings. The van der Waals surface area contributed by atoms with Gasteiger partial charge in [0.15, 0.2) is 5.16 Å². The summed E-state index contributed by atoms with van der Waals surface area (Å²) in [7, 11) is 0. The summed E-state index contributed by atoms with van der Waals surface area (Å²) in [6, 6.07) is 1.12. The van der Waals surface area contributed by atoms with Gasteiger partial charge in [-0.1, -0.05) is 11.8 Å². The van der Waals surface area contributed by atoms with E-state index in [2.05, 4.69) is 4.98 Å². The topological polar surface area (TPSA) is 81.1 Å². The van der Waals surface area contributed by atoms with Gasteiger partial charge in [-0.05, 0) is 0 Å². The molecule has 0 saturated carbocycles. The normalized spacial score (nSPS) is 20.2. The van der Waals surface area contributed by atoms with E-state index in [1.807, 2.05) is 0 Å². The van der Waals surface area contributed by atoms with Crippen molar-refractivity contribution in [3.05, 3.63) is 16.4 Å². The smallest absolute Gasteiger partial charge is 0.256 e. The predicted octanol–water partition coefficient (Wildman–Crippen LogP) is -0.535. The Morgan fingerprint density at radius 1 is 1.85 bits per heavy atom. The Morgan fingerprint density at radius 2 is 2.62 bits per heavy atom. The van der Waals surface area contributed by atoms with Crippen LogP contribution in [0, 0.1) is 0 Å². The van der Waals surface area contributed by atoms with Crippen LogP contribution in [0.3, 0.4) is 0 Å². The number of nitrogens with zero attached hydrogens (tertiary/aromatic N) is 2. The number of nitrogen functional groups attached to an aromatic ring is 1. The maximum atomic E-state index is 11.4. The lowest BCUT2D eigenvalue weighted by molar-refractivity contribution is 0.235. The zero-order valence-electron chi connectivity index (χ0n) is 6.80. The number of hydrogen-bond acceptors (Lipinski definition) is 5. The number of thioether (sulfide) groups is 1. The molecule has 2 heterocycles. The number of aromatic nitrogens is 2. The first-order valence-corrected chi connectivity index (χ1v) is 4.83. The molecule has 0 radical (unpaired) electrons. The Kier molecular flexibility index (Phi) is 2.01. The molecule has 3 N–H and O–H groups in total. The SMILES string of the molecule is Nc1cc(=O)n2c(n1)SCC2CO. The summed E-state index contributed by atoms with van der Waals surface area (Å²) in [5.74, 6) is 0.921. The van der Waals surface area contributed by atoms with Crippen molar-refractivity contribution >= 4 is 17.6 Å². The molecule has 1 unspecified atom stereocenters. The number of hydrogen-bond donors (Lipinski definition) is 2. The van der Waals surface area contributed by atoms with Crippen molar-refractivity contribution in [2.24, 2.45) is 0 Å². The molecule has 0 fully saturated rings. The van der Waals surface area contributed by atoms with Crippen molar-refractivity contribution in [2.45, 2.75) is 11.2 Å². The molecule has 2 rings (SSSR count). The van der Waals surface area contributed by atoms with E-state index in [9.17, 15) is 4.79 Å². The number of aliphatic hydroxyl groups excluding tert-OH is 1. The third-order valence-corrected chi connectivity index (χ3v) is 3.02. The van der Waals surface area contributed by atoms with Crippen molar-refractivity contribution in [3.8, 4) is 0 Å². The third kappa shape index (κ3) is 1.31. The van der Waals surface area contributed by atoms with E-state index in [-0.39, 0.29) is 24.0 Å². The highest BCUT2D eigenvalue weighted by molar-refractivity contribution is 7.99. The molecule has 6 heteroatoms. The molecule has 0 aliphatic carbocycles. The molecular weight excluding hydrogens is 190 g/mol. The van der Waals surface area contributed by atoms with Crippen LogP contribution in [0.15, 0.2) is 16.0 Å². The molecular formula is C7H9N3O2S. The van der Waals surface area contributed by atoms with Crippen molar-refractivity contribution in [1.82, 2.24) is 9.55 Å². The summed E-state index contributed by atoms with van der Waals surface area (Å²) >= 11 is 1.44. The summed E-state index contributed by atoms with van der Waals surface area (Å²) in [6.07, 6.45) is 0. The van der Waals surface area contributed by atoms with Gasteiger partial charge >= 0.3 is 0 Å². The van der Waals surface area contributed by atoms with E-state index in [0.717, 1.165) is 0 Å². The number of fused-ring (bicyclic) bond motifs is 1. The average molecular weight is 199 g/mol. The van der Waals surface area contributed by atoms with Gasteiger partial charge in [-0.25, -0.2) is 4.98 Å². The Hall–Kier alpha value is -1.01. The standard InChI is InChI=1S/C7H9N3O2S/c8-5-1-6(12)10-4(2-11)3-13-7(10)9-5/h1,4,11H,2-3,8H2. The lowest BCUT2D eigenvalue weighted by atomic mass is 10.3. The molecule has 0 amide bonds. The fourth-order valence-electron chi connectivity index (χ4n) is 1.30. The molecule has 1 atom stereocenters. The van der Waals surface area contributed by atoms with E-state index in [1.165, 1.54) is 22.4 Å². The zero-order chi connectivity index (χ0) is 9.42. The van der Waals surface area contributed by atoms with Crippen LogP contribution in [-0.2, 0) is 0 Å². The maximum Gasteiger partial charge on any atom is 0.256 e. The number of aliphatic hydroxyl groups is 1. The second-order valence-corrected chi connectivity index (χ2v) is 3.81. The Balaban J connectivity index is 2.58. The average Bonchev–Trinajstić information content (AvgIpc) is 2.47. The van der Waals surface area contributed by atoms with Gasteiger partial charge in [0, 0.05) is 11.8 Å².